The Balaban J connectivity index is 2.92. The second-order valence-electron chi connectivity index (χ2n) is 2.87. The van der Waals surface area contributed by atoms with Gasteiger partial charge in [0.05, 0.1) is 19.0 Å². The van der Waals surface area contributed by atoms with E-state index in [0.29, 0.717) is 18.9 Å². The molecule has 1 rings (SSSR count). The highest BCUT2D eigenvalue weighted by atomic mass is 16.4. The van der Waals surface area contributed by atoms with Gasteiger partial charge in [0, 0.05) is 13.1 Å². The number of hydrogen-bond acceptors (Lipinski definition) is 5. The van der Waals surface area contributed by atoms with Crippen LogP contribution in [-0.2, 0) is 0 Å². The summed E-state index contributed by atoms with van der Waals surface area (Å²) in [4.78, 5) is 20.1. The Morgan fingerprint density at radius 1 is 1.53 bits per heavy atom. The Labute approximate surface area is 87.2 Å². The first-order valence-electron chi connectivity index (χ1n) is 4.60. The number of aromatic carboxylic acids is 1. The van der Waals surface area contributed by atoms with Gasteiger partial charge in [0.25, 0.3) is 0 Å². The predicted octanol–water partition coefficient (Wildman–Crippen LogP) is -0.00660. The van der Waals surface area contributed by atoms with Gasteiger partial charge in [-0.15, -0.1) is 0 Å². The maximum atomic E-state index is 10.7. The molecular weight excluding hydrogens is 198 g/mol. The first-order valence-corrected chi connectivity index (χ1v) is 4.60. The van der Waals surface area contributed by atoms with Crippen molar-refractivity contribution in [2.24, 2.45) is 0 Å². The van der Waals surface area contributed by atoms with E-state index < -0.39 is 5.97 Å². The van der Waals surface area contributed by atoms with Crippen molar-refractivity contribution >= 4 is 11.8 Å². The number of carboxylic acid groups (broad SMARTS) is 1. The number of aliphatic hydroxyl groups excluding tert-OH is 1. The highest BCUT2D eigenvalue weighted by molar-refractivity contribution is 5.85. The molecular formula is C9H13N3O3. The fraction of sp³-hybridized carbons (Fsp3) is 0.444. The Bertz CT molecular complexity index is 343. The summed E-state index contributed by atoms with van der Waals surface area (Å²) in [5.74, 6) is -0.643. The molecule has 0 aliphatic heterocycles. The van der Waals surface area contributed by atoms with E-state index in [4.69, 9.17) is 10.2 Å². The van der Waals surface area contributed by atoms with E-state index in [9.17, 15) is 4.79 Å². The zero-order chi connectivity index (χ0) is 11.3. The van der Waals surface area contributed by atoms with Crippen LogP contribution in [0.2, 0.25) is 0 Å². The van der Waals surface area contributed by atoms with Gasteiger partial charge in [-0.1, -0.05) is 0 Å². The van der Waals surface area contributed by atoms with Gasteiger partial charge in [-0.2, -0.15) is 0 Å². The first kappa shape index (κ1) is 11.4. The number of carboxylic acids is 1. The smallest absolute Gasteiger partial charge is 0.356 e. The summed E-state index contributed by atoms with van der Waals surface area (Å²) in [7, 11) is 0. The summed E-state index contributed by atoms with van der Waals surface area (Å²) in [6.45, 7) is 2.93. The van der Waals surface area contributed by atoms with Gasteiger partial charge in [-0.25, -0.2) is 9.78 Å². The molecule has 6 heteroatoms. The SMILES string of the molecule is CCN(CCO)c1cncc(C(=O)O)n1. The van der Waals surface area contributed by atoms with Crippen molar-refractivity contribution in [2.75, 3.05) is 24.6 Å². The summed E-state index contributed by atoms with van der Waals surface area (Å²) in [5.41, 5.74) is -0.0936. The van der Waals surface area contributed by atoms with Crippen LogP contribution in [0.1, 0.15) is 17.4 Å². The third-order valence-corrected chi connectivity index (χ3v) is 1.92. The normalized spacial score (nSPS) is 10.0. The van der Waals surface area contributed by atoms with E-state index in [1.807, 2.05) is 6.92 Å². The van der Waals surface area contributed by atoms with Crippen molar-refractivity contribution in [1.29, 1.82) is 0 Å². The zero-order valence-electron chi connectivity index (χ0n) is 8.42. The number of anilines is 1. The van der Waals surface area contributed by atoms with E-state index in [1.165, 1.54) is 12.4 Å². The summed E-state index contributed by atoms with van der Waals surface area (Å²) in [6.07, 6.45) is 2.67. The summed E-state index contributed by atoms with van der Waals surface area (Å²) >= 11 is 0. The molecule has 82 valence electrons. The van der Waals surface area contributed by atoms with Crippen LogP contribution in [0.3, 0.4) is 0 Å². The molecule has 0 fully saturated rings. The number of hydrogen-bond donors (Lipinski definition) is 2. The number of aromatic nitrogens is 2. The minimum Gasteiger partial charge on any atom is -0.476 e. The maximum absolute atomic E-state index is 10.7. The van der Waals surface area contributed by atoms with E-state index in [-0.39, 0.29) is 12.3 Å². The number of aliphatic hydroxyl groups is 1. The summed E-state index contributed by atoms with van der Waals surface area (Å²) in [5, 5.41) is 17.5. The van der Waals surface area contributed by atoms with Gasteiger partial charge in [-0.3, -0.25) is 4.98 Å². The molecule has 2 N–H and O–H groups in total. The quantitative estimate of drug-likeness (QED) is 0.712. The number of rotatable bonds is 5. The van der Waals surface area contributed by atoms with Crippen molar-refractivity contribution in [2.45, 2.75) is 6.92 Å². The van der Waals surface area contributed by atoms with E-state index >= 15 is 0 Å². The van der Waals surface area contributed by atoms with Crippen LogP contribution in [0.15, 0.2) is 12.4 Å². The molecule has 0 aliphatic rings. The monoisotopic (exact) mass is 211 g/mol. The van der Waals surface area contributed by atoms with Crippen molar-refractivity contribution in [1.82, 2.24) is 9.97 Å². The van der Waals surface area contributed by atoms with E-state index in [1.54, 1.807) is 4.90 Å². The largest absolute Gasteiger partial charge is 0.476 e. The Morgan fingerprint density at radius 3 is 2.80 bits per heavy atom. The molecule has 15 heavy (non-hydrogen) atoms. The molecule has 0 aromatic carbocycles. The zero-order valence-corrected chi connectivity index (χ0v) is 8.42. The fourth-order valence-electron chi connectivity index (χ4n) is 1.17. The molecule has 0 saturated heterocycles. The number of likely N-dealkylation sites (N-methyl/N-ethyl adjacent to an activating group) is 1. The molecule has 0 atom stereocenters. The molecule has 1 heterocycles. The van der Waals surface area contributed by atoms with E-state index in [0.717, 1.165) is 0 Å². The van der Waals surface area contributed by atoms with Crippen molar-refractivity contribution in [3.8, 4) is 0 Å². The molecule has 1 aromatic heterocycles. The summed E-state index contributed by atoms with van der Waals surface area (Å²) in [6, 6.07) is 0. The van der Waals surface area contributed by atoms with Crippen LogP contribution in [0.5, 0.6) is 0 Å². The standard InChI is InChI=1S/C9H13N3O3/c1-2-12(3-4-13)8-6-10-5-7(11-8)9(14)15/h5-6,13H,2-4H2,1H3,(H,14,15). The minimum atomic E-state index is -1.11. The van der Waals surface area contributed by atoms with Crippen LogP contribution in [0.4, 0.5) is 5.82 Å². The van der Waals surface area contributed by atoms with Crippen LogP contribution >= 0.6 is 0 Å². The number of carbonyl (C=O) groups is 1. The molecule has 0 unspecified atom stereocenters. The lowest BCUT2D eigenvalue weighted by molar-refractivity contribution is 0.0690. The molecule has 0 bridgehead atoms. The predicted molar refractivity (Wildman–Crippen MR) is 54.0 cm³/mol. The average Bonchev–Trinajstić information content (AvgIpc) is 2.26. The lowest BCUT2D eigenvalue weighted by Gasteiger charge is -2.20. The van der Waals surface area contributed by atoms with E-state index in [2.05, 4.69) is 9.97 Å². The second-order valence-corrected chi connectivity index (χ2v) is 2.87. The van der Waals surface area contributed by atoms with Gasteiger partial charge in [0.15, 0.2) is 5.69 Å². The van der Waals surface area contributed by atoms with Gasteiger partial charge < -0.3 is 15.1 Å². The molecule has 0 saturated carbocycles. The third-order valence-electron chi connectivity index (χ3n) is 1.92. The number of nitrogens with zero attached hydrogens (tertiary/aromatic N) is 3. The Hall–Kier alpha value is -1.69. The van der Waals surface area contributed by atoms with Gasteiger partial charge in [0.2, 0.25) is 0 Å². The highest BCUT2D eigenvalue weighted by Crippen LogP contribution is 2.08. The molecule has 0 radical (unpaired) electrons. The van der Waals surface area contributed by atoms with Crippen molar-refractivity contribution < 1.29 is 15.0 Å². The molecule has 1 aromatic rings. The molecule has 6 nitrogen and oxygen atoms in total. The third kappa shape index (κ3) is 2.88. The van der Waals surface area contributed by atoms with Gasteiger partial charge >= 0.3 is 5.97 Å². The van der Waals surface area contributed by atoms with Crippen LogP contribution in [-0.4, -0.2) is 45.8 Å². The summed E-state index contributed by atoms with van der Waals surface area (Å²) < 4.78 is 0. The molecule has 0 aliphatic carbocycles. The first-order chi connectivity index (χ1) is 7.19. The average molecular weight is 211 g/mol. The van der Waals surface area contributed by atoms with Crippen LogP contribution in [0, 0.1) is 0 Å². The molecule has 0 spiro atoms. The van der Waals surface area contributed by atoms with Gasteiger partial charge in [-0.05, 0) is 6.92 Å². The second kappa shape index (κ2) is 5.26. The highest BCUT2D eigenvalue weighted by Gasteiger charge is 2.10. The van der Waals surface area contributed by atoms with Crippen LogP contribution in [0.25, 0.3) is 0 Å². The van der Waals surface area contributed by atoms with Gasteiger partial charge in [0.1, 0.15) is 5.82 Å². The van der Waals surface area contributed by atoms with Crippen LogP contribution < -0.4 is 4.90 Å². The molecule has 0 amide bonds. The van der Waals surface area contributed by atoms with Crippen molar-refractivity contribution in [3.05, 3.63) is 18.1 Å². The Kier molecular flexibility index (Phi) is 3.99. The lowest BCUT2D eigenvalue weighted by Crippen LogP contribution is -2.27. The maximum Gasteiger partial charge on any atom is 0.356 e. The Morgan fingerprint density at radius 2 is 2.27 bits per heavy atom. The van der Waals surface area contributed by atoms with Crippen molar-refractivity contribution in [3.63, 3.8) is 0 Å². The fourth-order valence-corrected chi connectivity index (χ4v) is 1.17. The lowest BCUT2D eigenvalue weighted by atomic mass is 10.4. The topological polar surface area (TPSA) is 86.5 Å². The minimum absolute atomic E-state index is 0.00712.